The fraction of sp³-hybridized carbons (Fsp3) is 0.125. The molecule has 1 aliphatic heterocycles. The van der Waals surface area contributed by atoms with Gasteiger partial charge in [0.05, 0.1) is 25.1 Å². The average Bonchev–Trinajstić information content (AvgIpc) is 3.42. The molecule has 5 rings (SSSR count). The predicted octanol–water partition coefficient (Wildman–Crippen LogP) is 3.41. The van der Waals surface area contributed by atoms with E-state index in [-0.39, 0.29) is 24.9 Å². The number of hydrogen-bond acceptors (Lipinski definition) is 4. The molecule has 2 aromatic heterocycles. The summed E-state index contributed by atoms with van der Waals surface area (Å²) in [6.07, 6.45) is 1.55. The van der Waals surface area contributed by atoms with Gasteiger partial charge in [0, 0.05) is 10.9 Å². The van der Waals surface area contributed by atoms with Gasteiger partial charge in [-0.1, -0.05) is 48.5 Å². The van der Waals surface area contributed by atoms with Crippen molar-refractivity contribution in [3.05, 3.63) is 96.1 Å². The van der Waals surface area contributed by atoms with Crippen molar-refractivity contribution in [3.8, 4) is 0 Å². The van der Waals surface area contributed by atoms with Gasteiger partial charge in [0.2, 0.25) is 5.91 Å². The highest BCUT2D eigenvalue weighted by atomic mass is 16.3. The molecule has 2 amide bonds. The minimum absolute atomic E-state index is 0.183. The first-order valence-electron chi connectivity index (χ1n) is 10.0. The number of hydrazone groups is 1. The van der Waals surface area contributed by atoms with Gasteiger partial charge in [-0.25, -0.2) is 5.01 Å². The van der Waals surface area contributed by atoms with Crippen LogP contribution in [-0.4, -0.2) is 33.6 Å². The van der Waals surface area contributed by atoms with Crippen LogP contribution in [0, 0.1) is 0 Å². The summed E-state index contributed by atoms with van der Waals surface area (Å²) in [6, 6.07) is 22.9. The van der Waals surface area contributed by atoms with E-state index in [0.717, 1.165) is 16.5 Å². The molecule has 0 saturated carbocycles. The molecule has 154 valence electrons. The van der Waals surface area contributed by atoms with E-state index < -0.39 is 0 Å². The van der Waals surface area contributed by atoms with Crippen molar-refractivity contribution >= 4 is 28.4 Å². The molecule has 2 aromatic carbocycles. The monoisotopic (exact) mass is 412 g/mol. The summed E-state index contributed by atoms with van der Waals surface area (Å²) < 4.78 is 7.21. The summed E-state index contributed by atoms with van der Waals surface area (Å²) in [5.74, 6) is 0.0184. The van der Waals surface area contributed by atoms with Crippen molar-refractivity contribution in [2.75, 3.05) is 6.54 Å². The van der Waals surface area contributed by atoms with Crippen LogP contribution in [0.15, 0.2) is 88.6 Å². The fourth-order valence-electron chi connectivity index (χ4n) is 3.74. The van der Waals surface area contributed by atoms with Gasteiger partial charge in [-0.05, 0) is 29.8 Å². The lowest BCUT2D eigenvalue weighted by atomic mass is 10.1. The molecule has 1 aliphatic rings. The van der Waals surface area contributed by atoms with Crippen molar-refractivity contribution in [2.45, 2.75) is 13.1 Å². The number of para-hydroxylation sites is 1. The van der Waals surface area contributed by atoms with E-state index in [0.29, 0.717) is 23.7 Å². The van der Waals surface area contributed by atoms with Gasteiger partial charge in [-0.3, -0.25) is 9.59 Å². The van der Waals surface area contributed by atoms with Crippen LogP contribution in [0.3, 0.4) is 0 Å². The Morgan fingerprint density at radius 3 is 2.65 bits per heavy atom. The molecule has 0 radical (unpaired) electrons. The number of furan rings is 1. The number of benzene rings is 2. The molecule has 0 fully saturated rings. The first-order valence-corrected chi connectivity index (χ1v) is 10.0. The van der Waals surface area contributed by atoms with Crippen LogP contribution in [0.2, 0.25) is 0 Å². The Balaban J connectivity index is 1.49. The van der Waals surface area contributed by atoms with Crippen LogP contribution >= 0.6 is 0 Å². The molecular weight excluding hydrogens is 392 g/mol. The maximum absolute atomic E-state index is 13.4. The normalized spacial score (nSPS) is 13.6. The molecule has 0 spiro atoms. The quantitative estimate of drug-likeness (QED) is 0.546. The summed E-state index contributed by atoms with van der Waals surface area (Å²) in [5, 5.41) is 9.60. The minimum atomic E-state index is -0.314. The number of amides is 2. The smallest absolute Gasteiger partial charge is 0.291 e. The third kappa shape index (κ3) is 3.73. The Kier molecular flexibility index (Phi) is 4.84. The maximum Gasteiger partial charge on any atom is 0.291 e. The van der Waals surface area contributed by atoms with Crippen LogP contribution < -0.4 is 5.32 Å². The summed E-state index contributed by atoms with van der Waals surface area (Å²) in [7, 11) is 0. The van der Waals surface area contributed by atoms with Crippen LogP contribution in [0.5, 0.6) is 0 Å². The number of aromatic nitrogens is 1. The molecule has 7 heteroatoms. The first kappa shape index (κ1) is 18.9. The standard InChI is InChI=1S/C24H20N4O3/c29-23(25-14-19-10-6-12-31-19)16-28-24(30)22-13-18-9-4-5-11-21(18)27(22)15-20(26-28)17-7-2-1-3-8-17/h1-13H,14-16H2,(H,25,29). The van der Waals surface area contributed by atoms with Crippen LogP contribution in [-0.2, 0) is 17.9 Å². The van der Waals surface area contributed by atoms with Crippen molar-refractivity contribution in [1.82, 2.24) is 14.9 Å². The zero-order valence-electron chi connectivity index (χ0n) is 16.7. The lowest BCUT2D eigenvalue weighted by molar-refractivity contribution is -0.122. The summed E-state index contributed by atoms with van der Waals surface area (Å²) in [5.41, 5.74) is 3.09. The molecule has 31 heavy (non-hydrogen) atoms. The Labute approximate surface area is 178 Å². The molecule has 3 heterocycles. The second kappa shape index (κ2) is 7.95. The highest BCUT2D eigenvalue weighted by molar-refractivity contribution is 6.07. The number of nitrogens with zero attached hydrogens (tertiary/aromatic N) is 3. The number of rotatable bonds is 5. The topological polar surface area (TPSA) is 79.8 Å². The highest BCUT2D eigenvalue weighted by Crippen LogP contribution is 2.24. The van der Waals surface area contributed by atoms with E-state index in [1.807, 2.05) is 65.2 Å². The van der Waals surface area contributed by atoms with E-state index in [4.69, 9.17) is 4.42 Å². The predicted molar refractivity (Wildman–Crippen MR) is 117 cm³/mol. The molecule has 0 atom stereocenters. The molecule has 0 saturated heterocycles. The van der Waals surface area contributed by atoms with Crippen molar-refractivity contribution in [3.63, 3.8) is 0 Å². The van der Waals surface area contributed by atoms with Gasteiger partial charge in [0.15, 0.2) is 0 Å². The molecule has 7 nitrogen and oxygen atoms in total. The van der Waals surface area contributed by atoms with Crippen molar-refractivity contribution < 1.29 is 14.0 Å². The number of hydrogen-bond donors (Lipinski definition) is 1. The molecule has 0 aliphatic carbocycles. The van der Waals surface area contributed by atoms with E-state index in [1.54, 1.807) is 18.4 Å². The van der Waals surface area contributed by atoms with Gasteiger partial charge in [-0.15, -0.1) is 0 Å². The van der Waals surface area contributed by atoms with E-state index in [2.05, 4.69) is 10.4 Å². The molecule has 1 N–H and O–H groups in total. The number of fused-ring (bicyclic) bond motifs is 3. The number of carbonyl (C=O) groups is 2. The van der Waals surface area contributed by atoms with E-state index in [1.165, 1.54) is 5.01 Å². The Bertz CT molecular complexity index is 1270. The van der Waals surface area contributed by atoms with Crippen molar-refractivity contribution in [1.29, 1.82) is 0 Å². The van der Waals surface area contributed by atoms with Crippen molar-refractivity contribution in [2.24, 2.45) is 5.10 Å². The van der Waals surface area contributed by atoms with Crippen LogP contribution in [0.25, 0.3) is 10.9 Å². The largest absolute Gasteiger partial charge is 0.467 e. The third-order valence-electron chi connectivity index (χ3n) is 5.25. The Morgan fingerprint density at radius 2 is 1.84 bits per heavy atom. The molecular formula is C24H20N4O3. The molecule has 0 bridgehead atoms. The summed E-state index contributed by atoms with van der Waals surface area (Å²) in [6.45, 7) is 0.504. The SMILES string of the molecule is O=C(CN1N=C(c2ccccc2)Cn2c(cc3ccccc32)C1=O)NCc1ccco1. The minimum Gasteiger partial charge on any atom is -0.467 e. The van der Waals surface area contributed by atoms with Gasteiger partial charge in [-0.2, -0.15) is 5.10 Å². The highest BCUT2D eigenvalue weighted by Gasteiger charge is 2.28. The maximum atomic E-state index is 13.4. The van der Waals surface area contributed by atoms with Gasteiger partial charge < -0.3 is 14.3 Å². The second-order valence-corrected chi connectivity index (χ2v) is 7.31. The second-order valence-electron chi connectivity index (χ2n) is 7.31. The van der Waals surface area contributed by atoms with Gasteiger partial charge in [0.25, 0.3) is 5.91 Å². The molecule has 0 unspecified atom stereocenters. The average molecular weight is 412 g/mol. The number of carbonyl (C=O) groups excluding carboxylic acids is 2. The number of nitrogens with one attached hydrogen (secondary N) is 1. The Morgan fingerprint density at radius 1 is 1.03 bits per heavy atom. The zero-order chi connectivity index (χ0) is 21.2. The fourth-order valence-corrected chi connectivity index (χ4v) is 3.74. The van der Waals surface area contributed by atoms with Crippen LogP contribution in [0.4, 0.5) is 0 Å². The Hall–Kier alpha value is -4.13. The molecule has 4 aromatic rings. The zero-order valence-corrected chi connectivity index (χ0v) is 16.7. The van der Waals surface area contributed by atoms with Gasteiger partial charge in [0.1, 0.15) is 18.0 Å². The van der Waals surface area contributed by atoms with E-state index in [9.17, 15) is 9.59 Å². The van der Waals surface area contributed by atoms with Crippen LogP contribution in [0.1, 0.15) is 21.8 Å². The van der Waals surface area contributed by atoms with Gasteiger partial charge >= 0.3 is 0 Å². The van der Waals surface area contributed by atoms with E-state index >= 15 is 0 Å². The summed E-state index contributed by atoms with van der Waals surface area (Å²) >= 11 is 0. The third-order valence-corrected chi connectivity index (χ3v) is 5.25. The summed E-state index contributed by atoms with van der Waals surface area (Å²) in [4.78, 5) is 25.9. The first-order chi connectivity index (χ1) is 15.2. The lowest BCUT2D eigenvalue weighted by Crippen LogP contribution is -2.37. The lowest BCUT2D eigenvalue weighted by Gasteiger charge is -2.16.